The van der Waals surface area contributed by atoms with Crippen molar-refractivity contribution in [1.29, 1.82) is 0 Å². The van der Waals surface area contributed by atoms with Crippen molar-refractivity contribution in [2.24, 2.45) is 0 Å². The third-order valence-electron chi connectivity index (χ3n) is 10.9. The normalized spacial score (nSPS) is 13.2. The average Bonchev–Trinajstić information content (AvgIpc) is 3.34. The Balaban J connectivity index is 4.48. The van der Waals surface area contributed by atoms with E-state index in [1.807, 2.05) is 6.08 Å². The summed E-state index contributed by atoms with van der Waals surface area (Å²) >= 11 is 0. The number of unbranched alkanes of at least 4 members (excludes halogenated alkanes) is 15. The average molecular weight is 939 g/mol. The fourth-order valence-electron chi connectivity index (χ4n) is 6.89. The number of rotatable bonds is 47. The smallest absolute Gasteiger partial charge is 0.310 e. The lowest BCUT2D eigenvalue weighted by molar-refractivity contribution is -0.166. The van der Waals surface area contributed by atoms with Gasteiger partial charge in [0.25, 0.3) is 0 Å². The molecule has 1 atom stereocenters. The molecule has 6 heteroatoms. The van der Waals surface area contributed by atoms with Crippen LogP contribution in [0.3, 0.4) is 0 Å². The number of esters is 3. The summed E-state index contributed by atoms with van der Waals surface area (Å²) in [7, 11) is 0. The molecule has 0 radical (unpaired) electrons. The Kier molecular flexibility index (Phi) is 51.5. The molecule has 0 aromatic heterocycles. The molecule has 0 N–H and O–H groups in total. The number of hydrogen-bond donors (Lipinski definition) is 0. The van der Waals surface area contributed by atoms with Crippen LogP contribution >= 0.6 is 0 Å². The van der Waals surface area contributed by atoms with Gasteiger partial charge in [0, 0.05) is 12.8 Å². The summed E-state index contributed by atoms with van der Waals surface area (Å²) in [6.45, 7) is 6.27. The number of carbonyl (C=O) groups excluding carboxylic acids is 3. The fraction of sp³-hybridized carbons (Fsp3) is 0.597. The van der Waals surface area contributed by atoms with Crippen molar-refractivity contribution in [2.75, 3.05) is 13.2 Å². The van der Waals surface area contributed by atoms with Gasteiger partial charge >= 0.3 is 17.9 Å². The molecule has 6 nitrogen and oxygen atoms in total. The Bertz CT molecular complexity index is 1500. The van der Waals surface area contributed by atoms with E-state index in [4.69, 9.17) is 14.2 Å². The standard InChI is InChI=1S/C62H98O6/c1-4-7-10-13-16-19-22-25-27-28-29-30-31-32-33-34-36-37-40-43-46-49-52-55-61(64)67-58-59(57-66-60(63)54-51-48-45-42-39-24-21-18-15-12-9-6-3)68-62(65)56-53-50-47-44-41-38-35-26-23-20-17-14-11-8-5-2/h7-8,10-11,16-21,25-27,29-30,32-33,35,41,44,50,53,59H,4-6,9,12-15,22-24,28,31,34,36-40,42-43,45-49,51-52,54-58H2,1-3H3/b10-7-,11-8-,19-16-,20-17-,21-18-,27-25-,30-29-,33-32-,35-26-,44-41-,53-50-. The zero-order valence-electron chi connectivity index (χ0n) is 43.6. The van der Waals surface area contributed by atoms with Crippen LogP contribution in [0.4, 0.5) is 0 Å². The summed E-state index contributed by atoms with van der Waals surface area (Å²) in [5.41, 5.74) is 0. The van der Waals surface area contributed by atoms with Gasteiger partial charge in [-0.25, -0.2) is 0 Å². The van der Waals surface area contributed by atoms with Crippen LogP contribution in [0.1, 0.15) is 220 Å². The van der Waals surface area contributed by atoms with Gasteiger partial charge in [-0.05, 0) is 116 Å². The molecule has 0 heterocycles. The predicted octanol–water partition coefficient (Wildman–Crippen LogP) is 18.3. The van der Waals surface area contributed by atoms with Crippen LogP contribution in [0.15, 0.2) is 134 Å². The van der Waals surface area contributed by atoms with Gasteiger partial charge in [-0.1, -0.05) is 219 Å². The maximum atomic E-state index is 12.8. The minimum atomic E-state index is -0.845. The zero-order chi connectivity index (χ0) is 49.3. The molecule has 0 bridgehead atoms. The van der Waals surface area contributed by atoms with Gasteiger partial charge < -0.3 is 14.2 Å². The van der Waals surface area contributed by atoms with Gasteiger partial charge in [-0.3, -0.25) is 14.4 Å². The van der Waals surface area contributed by atoms with Crippen molar-refractivity contribution in [3.8, 4) is 0 Å². The Labute approximate surface area is 417 Å². The van der Waals surface area contributed by atoms with Gasteiger partial charge in [0.15, 0.2) is 6.10 Å². The Morgan fingerprint density at radius 2 is 0.618 bits per heavy atom. The van der Waals surface area contributed by atoms with Crippen molar-refractivity contribution in [1.82, 2.24) is 0 Å². The van der Waals surface area contributed by atoms with Gasteiger partial charge in [0.05, 0.1) is 6.42 Å². The molecule has 0 aromatic carbocycles. The van der Waals surface area contributed by atoms with Crippen molar-refractivity contribution < 1.29 is 28.6 Å². The number of ether oxygens (including phenoxy) is 3. The summed E-state index contributed by atoms with van der Waals surface area (Å²) in [4.78, 5) is 38.0. The first kappa shape index (κ1) is 63.5. The van der Waals surface area contributed by atoms with Crippen LogP contribution in [0.2, 0.25) is 0 Å². The molecular formula is C62H98O6. The second-order valence-electron chi connectivity index (χ2n) is 17.4. The van der Waals surface area contributed by atoms with E-state index >= 15 is 0 Å². The lowest BCUT2D eigenvalue weighted by Crippen LogP contribution is -2.30. The van der Waals surface area contributed by atoms with E-state index in [9.17, 15) is 14.4 Å². The molecule has 0 aromatic rings. The molecule has 0 spiro atoms. The molecule has 0 aliphatic carbocycles. The highest BCUT2D eigenvalue weighted by atomic mass is 16.6. The Morgan fingerprint density at radius 3 is 0.985 bits per heavy atom. The van der Waals surface area contributed by atoms with Crippen LogP contribution in [0.5, 0.6) is 0 Å². The molecule has 68 heavy (non-hydrogen) atoms. The van der Waals surface area contributed by atoms with E-state index in [1.54, 1.807) is 6.08 Å². The van der Waals surface area contributed by atoms with E-state index < -0.39 is 12.1 Å². The summed E-state index contributed by atoms with van der Waals surface area (Å²) < 4.78 is 16.7. The first-order chi connectivity index (χ1) is 33.5. The molecule has 382 valence electrons. The van der Waals surface area contributed by atoms with Crippen molar-refractivity contribution in [3.63, 3.8) is 0 Å². The molecule has 0 fully saturated rings. The molecule has 0 saturated heterocycles. The lowest BCUT2D eigenvalue weighted by atomic mass is 10.1. The Morgan fingerprint density at radius 1 is 0.324 bits per heavy atom. The number of allylic oxidation sites excluding steroid dienone is 21. The third kappa shape index (κ3) is 52.5. The van der Waals surface area contributed by atoms with Crippen molar-refractivity contribution in [3.05, 3.63) is 134 Å². The lowest BCUT2D eigenvalue weighted by Gasteiger charge is -2.18. The fourth-order valence-corrected chi connectivity index (χ4v) is 6.89. The van der Waals surface area contributed by atoms with Crippen molar-refractivity contribution in [2.45, 2.75) is 226 Å². The highest BCUT2D eigenvalue weighted by molar-refractivity contribution is 5.72. The number of hydrogen-bond acceptors (Lipinski definition) is 6. The van der Waals surface area contributed by atoms with Crippen LogP contribution in [0, 0.1) is 0 Å². The quantitative estimate of drug-likeness (QED) is 0.0262. The third-order valence-corrected chi connectivity index (χ3v) is 10.9. The molecular weight excluding hydrogens is 841 g/mol. The topological polar surface area (TPSA) is 78.9 Å². The van der Waals surface area contributed by atoms with Crippen LogP contribution in [-0.4, -0.2) is 37.2 Å². The van der Waals surface area contributed by atoms with Crippen molar-refractivity contribution >= 4 is 17.9 Å². The van der Waals surface area contributed by atoms with Gasteiger partial charge in [0.2, 0.25) is 0 Å². The first-order valence-electron chi connectivity index (χ1n) is 27.2. The predicted molar refractivity (Wildman–Crippen MR) is 292 cm³/mol. The molecule has 1 unspecified atom stereocenters. The first-order valence-corrected chi connectivity index (χ1v) is 27.2. The Hall–Kier alpha value is -4.45. The summed E-state index contributed by atoms with van der Waals surface area (Å²) in [5, 5.41) is 0. The van der Waals surface area contributed by atoms with Gasteiger partial charge in [-0.2, -0.15) is 0 Å². The minimum absolute atomic E-state index is 0.0872. The van der Waals surface area contributed by atoms with Crippen LogP contribution < -0.4 is 0 Å². The van der Waals surface area contributed by atoms with E-state index in [0.29, 0.717) is 19.3 Å². The molecule has 0 saturated carbocycles. The van der Waals surface area contributed by atoms with E-state index in [-0.39, 0.29) is 31.6 Å². The molecule has 0 amide bonds. The molecule has 0 aliphatic heterocycles. The highest BCUT2D eigenvalue weighted by Gasteiger charge is 2.19. The van der Waals surface area contributed by atoms with Crippen LogP contribution in [0.25, 0.3) is 0 Å². The highest BCUT2D eigenvalue weighted by Crippen LogP contribution is 2.13. The summed E-state index contributed by atoms with van der Waals surface area (Å²) in [6.07, 6.45) is 77.5. The van der Waals surface area contributed by atoms with Crippen LogP contribution in [-0.2, 0) is 28.6 Å². The van der Waals surface area contributed by atoms with E-state index in [2.05, 4.69) is 142 Å². The second kappa shape index (κ2) is 55.1. The summed E-state index contributed by atoms with van der Waals surface area (Å²) in [5.74, 6) is -1.09. The zero-order valence-corrected chi connectivity index (χ0v) is 43.6. The maximum Gasteiger partial charge on any atom is 0.310 e. The minimum Gasteiger partial charge on any atom is -0.462 e. The molecule has 0 rings (SSSR count). The van der Waals surface area contributed by atoms with E-state index in [1.165, 1.54) is 57.8 Å². The van der Waals surface area contributed by atoms with Gasteiger partial charge in [0.1, 0.15) is 13.2 Å². The maximum absolute atomic E-state index is 12.8. The molecule has 0 aliphatic rings. The van der Waals surface area contributed by atoms with Gasteiger partial charge in [-0.15, -0.1) is 0 Å². The summed E-state index contributed by atoms with van der Waals surface area (Å²) in [6, 6.07) is 0. The number of carbonyl (C=O) groups is 3. The largest absolute Gasteiger partial charge is 0.462 e. The second-order valence-corrected chi connectivity index (χ2v) is 17.4. The SMILES string of the molecule is CC/C=C\C/C=C\C/C=C\C/C=C\C/C=C\CCCCCCCCCC(=O)OCC(COC(=O)CCCCCCC/C=C\CCCCC)OC(=O)C/C=C\C/C=C\C/C=C\C/C=C\C/C=C\CC. The van der Waals surface area contributed by atoms with E-state index in [0.717, 1.165) is 116 Å². The monoisotopic (exact) mass is 939 g/mol.